The first-order valence-electron chi connectivity index (χ1n) is 11.8. The number of anilines is 2. The topological polar surface area (TPSA) is 87.7 Å². The van der Waals surface area contributed by atoms with E-state index in [-0.39, 0.29) is 23.8 Å². The molecule has 1 fully saturated rings. The Morgan fingerprint density at radius 1 is 1.12 bits per heavy atom. The van der Waals surface area contributed by atoms with Crippen molar-refractivity contribution in [3.8, 4) is 5.75 Å². The molecule has 1 unspecified atom stereocenters. The lowest BCUT2D eigenvalue weighted by molar-refractivity contribution is -0.118. The fourth-order valence-corrected chi connectivity index (χ4v) is 3.90. The molecule has 0 radical (unpaired) electrons. The summed E-state index contributed by atoms with van der Waals surface area (Å²) >= 11 is 0. The predicted molar refractivity (Wildman–Crippen MR) is 134 cm³/mol. The maximum Gasteiger partial charge on any atom is 0.255 e. The molecule has 2 amide bonds. The lowest BCUT2D eigenvalue weighted by atomic mass is 10.0. The fraction of sp³-hybridized carbons (Fsp3) is 0.407. The number of ether oxygens (including phenoxy) is 1. The lowest BCUT2D eigenvalue weighted by Crippen LogP contribution is -2.29. The van der Waals surface area contributed by atoms with Gasteiger partial charge in [-0.3, -0.25) is 9.59 Å². The van der Waals surface area contributed by atoms with Gasteiger partial charge in [0.05, 0.1) is 18.2 Å². The Hall–Kier alpha value is -3.57. The molecule has 2 aromatic carbocycles. The molecule has 1 aliphatic rings. The van der Waals surface area contributed by atoms with Crippen molar-refractivity contribution < 1.29 is 19.1 Å². The number of allylic oxidation sites excluding steroid dienone is 1. The van der Waals surface area contributed by atoms with Crippen molar-refractivity contribution in [3.63, 3.8) is 0 Å². The number of hydrogen-bond donors (Lipinski definition) is 2. The van der Waals surface area contributed by atoms with Crippen LogP contribution in [0, 0.1) is 5.92 Å². The molecular weight excluding hydrogens is 430 g/mol. The summed E-state index contributed by atoms with van der Waals surface area (Å²) < 4.78 is 5.66. The van der Waals surface area contributed by atoms with E-state index in [0.717, 1.165) is 37.1 Å². The van der Waals surface area contributed by atoms with E-state index in [1.165, 1.54) is 0 Å². The molecule has 1 heterocycles. The number of carbonyl (C=O) groups is 2. The SMILES string of the molecule is CCOc1ccc(NC(=O)C(C)C)cc1C(=O)NC(C)c1cccc(N2CCCCC2=C=O)c1. The molecule has 2 N–H and O–H groups in total. The van der Waals surface area contributed by atoms with Gasteiger partial charge in [-0.25, -0.2) is 4.79 Å². The largest absolute Gasteiger partial charge is 0.493 e. The van der Waals surface area contributed by atoms with Crippen LogP contribution in [0.15, 0.2) is 48.2 Å². The highest BCUT2D eigenvalue weighted by atomic mass is 16.5. The summed E-state index contributed by atoms with van der Waals surface area (Å²) in [7, 11) is 0. The second kappa shape index (κ2) is 11.5. The van der Waals surface area contributed by atoms with E-state index >= 15 is 0 Å². The number of benzene rings is 2. The van der Waals surface area contributed by atoms with Gasteiger partial charge in [0, 0.05) is 23.8 Å². The molecule has 1 aliphatic heterocycles. The first-order valence-corrected chi connectivity index (χ1v) is 11.8. The van der Waals surface area contributed by atoms with Crippen molar-refractivity contribution in [2.24, 2.45) is 5.92 Å². The maximum atomic E-state index is 13.2. The number of nitrogens with one attached hydrogen (secondary N) is 2. The van der Waals surface area contributed by atoms with Crippen LogP contribution >= 0.6 is 0 Å². The molecule has 0 bridgehead atoms. The molecule has 7 nitrogen and oxygen atoms in total. The molecule has 180 valence electrons. The van der Waals surface area contributed by atoms with Crippen LogP contribution in [0.3, 0.4) is 0 Å². The van der Waals surface area contributed by atoms with Gasteiger partial charge in [0.2, 0.25) is 5.91 Å². The number of hydrogen-bond acceptors (Lipinski definition) is 5. The molecule has 3 rings (SSSR count). The highest BCUT2D eigenvalue weighted by molar-refractivity contribution is 6.00. The minimum absolute atomic E-state index is 0.123. The molecule has 0 spiro atoms. The van der Waals surface area contributed by atoms with Crippen molar-refractivity contribution in [3.05, 3.63) is 59.3 Å². The lowest BCUT2D eigenvalue weighted by Gasteiger charge is -2.30. The third-order valence-electron chi connectivity index (χ3n) is 5.83. The summed E-state index contributed by atoms with van der Waals surface area (Å²) in [5, 5.41) is 5.87. The van der Waals surface area contributed by atoms with Crippen molar-refractivity contribution >= 4 is 29.1 Å². The maximum absolute atomic E-state index is 13.2. The second-order valence-corrected chi connectivity index (χ2v) is 8.74. The van der Waals surface area contributed by atoms with Gasteiger partial charge >= 0.3 is 0 Å². The normalized spacial score (nSPS) is 14.4. The molecular formula is C27H33N3O4. The Morgan fingerprint density at radius 2 is 1.91 bits per heavy atom. The van der Waals surface area contributed by atoms with Gasteiger partial charge < -0.3 is 20.3 Å². The quantitative estimate of drug-likeness (QED) is 0.545. The number of nitrogens with zero attached hydrogens (tertiary/aromatic N) is 1. The van der Waals surface area contributed by atoms with Crippen molar-refractivity contribution in [1.82, 2.24) is 5.32 Å². The van der Waals surface area contributed by atoms with Crippen LogP contribution in [-0.4, -0.2) is 30.9 Å². The first-order chi connectivity index (χ1) is 16.3. The Kier molecular flexibility index (Phi) is 8.50. The van der Waals surface area contributed by atoms with E-state index in [2.05, 4.69) is 16.6 Å². The zero-order chi connectivity index (χ0) is 24.7. The van der Waals surface area contributed by atoms with Crippen molar-refractivity contribution in [2.45, 2.75) is 53.0 Å². The number of piperidine rings is 1. The van der Waals surface area contributed by atoms with E-state index in [0.29, 0.717) is 29.3 Å². The van der Waals surface area contributed by atoms with Crippen LogP contribution in [0.2, 0.25) is 0 Å². The first kappa shape index (κ1) is 25.1. The van der Waals surface area contributed by atoms with E-state index in [4.69, 9.17) is 4.74 Å². The molecule has 7 heteroatoms. The van der Waals surface area contributed by atoms with E-state index in [9.17, 15) is 14.4 Å². The summed E-state index contributed by atoms with van der Waals surface area (Å²) in [6, 6.07) is 12.6. The van der Waals surface area contributed by atoms with Crippen LogP contribution in [0.5, 0.6) is 5.75 Å². The van der Waals surface area contributed by atoms with Gasteiger partial charge in [-0.05, 0) is 69.0 Å². The van der Waals surface area contributed by atoms with Gasteiger partial charge in [0.15, 0.2) is 0 Å². The minimum Gasteiger partial charge on any atom is -0.493 e. The zero-order valence-corrected chi connectivity index (χ0v) is 20.3. The van der Waals surface area contributed by atoms with E-state index in [1.54, 1.807) is 18.2 Å². The number of rotatable bonds is 8. The molecule has 2 aromatic rings. The van der Waals surface area contributed by atoms with Crippen LogP contribution < -0.4 is 20.3 Å². The minimum atomic E-state index is -0.298. The fourth-order valence-electron chi connectivity index (χ4n) is 3.90. The molecule has 1 atom stereocenters. The Bertz CT molecular complexity index is 1090. The average Bonchev–Trinajstić information content (AvgIpc) is 2.84. The Balaban J connectivity index is 1.81. The van der Waals surface area contributed by atoms with Gasteiger partial charge in [-0.1, -0.05) is 26.0 Å². The summed E-state index contributed by atoms with van der Waals surface area (Å²) in [6.45, 7) is 8.58. The smallest absolute Gasteiger partial charge is 0.255 e. The summed E-state index contributed by atoms with van der Waals surface area (Å²) in [6.07, 6.45) is 2.74. The second-order valence-electron chi connectivity index (χ2n) is 8.74. The number of carbonyl (C=O) groups excluding carboxylic acids is 3. The van der Waals surface area contributed by atoms with Gasteiger partial charge in [-0.15, -0.1) is 0 Å². The Labute approximate surface area is 201 Å². The average molecular weight is 464 g/mol. The van der Waals surface area contributed by atoms with Crippen molar-refractivity contribution in [2.75, 3.05) is 23.4 Å². The van der Waals surface area contributed by atoms with E-state index < -0.39 is 0 Å². The van der Waals surface area contributed by atoms with Gasteiger partial charge in [0.1, 0.15) is 17.4 Å². The molecule has 0 aliphatic carbocycles. The molecule has 0 aromatic heterocycles. The summed E-state index contributed by atoms with van der Waals surface area (Å²) in [5.41, 5.74) is 3.41. The van der Waals surface area contributed by atoms with Crippen molar-refractivity contribution in [1.29, 1.82) is 0 Å². The molecule has 34 heavy (non-hydrogen) atoms. The zero-order valence-electron chi connectivity index (χ0n) is 20.3. The number of amides is 2. The summed E-state index contributed by atoms with van der Waals surface area (Å²) in [4.78, 5) is 38.7. The van der Waals surface area contributed by atoms with E-state index in [1.807, 2.05) is 56.9 Å². The Morgan fingerprint density at radius 3 is 2.62 bits per heavy atom. The third kappa shape index (κ3) is 6.06. The van der Waals surface area contributed by atoms with Gasteiger partial charge in [0.25, 0.3) is 5.91 Å². The molecule has 0 saturated carbocycles. The summed E-state index contributed by atoms with van der Waals surface area (Å²) in [5.74, 6) is 1.94. The van der Waals surface area contributed by atoms with Crippen LogP contribution in [-0.2, 0) is 9.59 Å². The third-order valence-corrected chi connectivity index (χ3v) is 5.83. The van der Waals surface area contributed by atoms with Gasteiger partial charge in [-0.2, -0.15) is 0 Å². The highest BCUT2D eigenvalue weighted by Gasteiger charge is 2.21. The molecule has 1 saturated heterocycles. The van der Waals surface area contributed by atoms with Crippen LogP contribution in [0.25, 0.3) is 0 Å². The monoisotopic (exact) mass is 463 g/mol. The predicted octanol–water partition coefficient (Wildman–Crippen LogP) is 4.88. The standard InChI is InChI=1S/C27H33N3O4/c1-5-34-25-13-12-21(29-26(32)18(2)3)16-24(25)27(33)28-19(4)20-9-8-11-22(15-20)30-14-7-6-10-23(30)17-31/h8-9,11-13,15-16,18-19H,5-7,10,14H2,1-4H3,(H,28,33)(H,29,32). The van der Waals surface area contributed by atoms with Crippen LogP contribution in [0.4, 0.5) is 11.4 Å². The highest BCUT2D eigenvalue weighted by Crippen LogP contribution is 2.29. The van der Waals surface area contributed by atoms with Crippen LogP contribution in [0.1, 0.15) is 68.9 Å².